The van der Waals surface area contributed by atoms with E-state index in [4.69, 9.17) is 23.2 Å². The van der Waals surface area contributed by atoms with E-state index in [0.29, 0.717) is 21.6 Å². The Hall–Kier alpha value is -1.16. The second-order valence-corrected chi connectivity index (χ2v) is 7.49. The molecule has 2 aromatic rings. The molecule has 0 unspecified atom stereocenters. The molecule has 5 heteroatoms. The van der Waals surface area contributed by atoms with E-state index in [1.807, 2.05) is 43.3 Å². The number of hydrogen-bond acceptors (Lipinski definition) is 2. The number of carbonyl (C=O) groups excluding carboxylic acids is 1. The van der Waals surface area contributed by atoms with Gasteiger partial charge in [-0.25, -0.2) is 0 Å². The van der Waals surface area contributed by atoms with E-state index in [-0.39, 0.29) is 11.9 Å². The molecule has 128 valence electrons. The molecular weight excluding hydrogens is 361 g/mol. The lowest BCUT2D eigenvalue weighted by Crippen LogP contribution is -2.34. The lowest BCUT2D eigenvalue weighted by atomic mass is 10.1. The third-order valence-corrected chi connectivity index (χ3v) is 5.32. The number of nitrogens with one attached hydrogen (secondary N) is 1. The number of thioether (sulfide) groups is 1. The predicted molar refractivity (Wildman–Crippen MR) is 105 cm³/mol. The zero-order chi connectivity index (χ0) is 17.4. The minimum absolute atomic E-state index is 0.0451. The second-order valence-electron chi connectivity index (χ2n) is 5.69. The summed E-state index contributed by atoms with van der Waals surface area (Å²) in [5.74, 6) is 1.07. The Morgan fingerprint density at radius 3 is 2.42 bits per heavy atom. The van der Waals surface area contributed by atoms with Crippen LogP contribution >= 0.6 is 35.0 Å². The maximum Gasteiger partial charge on any atom is 0.230 e. The zero-order valence-electron chi connectivity index (χ0n) is 13.6. The maximum atomic E-state index is 12.0. The third kappa shape index (κ3) is 6.39. The highest BCUT2D eigenvalue weighted by Gasteiger charge is 2.10. The number of hydrogen-bond donors (Lipinski definition) is 1. The topological polar surface area (TPSA) is 29.1 Å². The molecule has 0 aliphatic rings. The van der Waals surface area contributed by atoms with Crippen LogP contribution < -0.4 is 5.32 Å². The van der Waals surface area contributed by atoms with Gasteiger partial charge in [-0.3, -0.25) is 4.79 Å². The first-order chi connectivity index (χ1) is 11.6. The van der Waals surface area contributed by atoms with Crippen molar-refractivity contribution in [2.45, 2.75) is 31.6 Å². The van der Waals surface area contributed by atoms with Gasteiger partial charge in [0.2, 0.25) is 5.91 Å². The highest BCUT2D eigenvalue weighted by Crippen LogP contribution is 2.28. The normalized spacial score (nSPS) is 12.0. The van der Waals surface area contributed by atoms with E-state index in [2.05, 4.69) is 17.4 Å². The molecule has 0 spiro atoms. The van der Waals surface area contributed by atoms with Gasteiger partial charge in [0.1, 0.15) is 0 Å². The molecule has 0 heterocycles. The Morgan fingerprint density at radius 2 is 1.75 bits per heavy atom. The Bertz CT molecular complexity index is 643. The first-order valence-electron chi connectivity index (χ1n) is 7.90. The van der Waals surface area contributed by atoms with Crippen molar-refractivity contribution < 1.29 is 4.79 Å². The summed E-state index contributed by atoms with van der Waals surface area (Å²) in [6, 6.07) is 15.9. The molecule has 24 heavy (non-hydrogen) atoms. The lowest BCUT2D eigenvalue weighted by molar-refractivity contribution is -0.119. The van der Waals surface area contributed by atoms with Gasteiger partial charge in [-0.1, -0.05) is 59.6 Å². The van der Waals surface area contributed by atoms with Gasteiger partial charge in [0.05, 0.1) is 5.75 Å². The van der Waals surface area contributed by atoms with Crippen molar-refractivity contribution in [2.24, 2.45) is 0 Å². The summed E-state index contributed by atoms with van der Waals surface area (Å²) < 4.78 is 0. The lowest BCUT2D eigenvalue weighted by Gasteiger charge is -2.14. The molecule has 1 N–H and O–H groups in total. The van der Waals surface area contributed by atoms with Gasteiger partial charge in [-0.2, -0.15) is 0 Å². The Labute approximate surface area is 157 Å². The van der Waals surface area contributed by atoms with Crippen molar-refractivity contribution in [3.63, 3.8) is 0 Å². The number of rotatable bonds is 8. The summed E-state index contributed by atoms with van der Waals surface area (Å²) >= 11 is 13.8. The number of benzene rings is 2. The number of amides is 1. The summed E-state index contributed by atoms with van der Waals surface area (Å²) in [7, 11) is 0. The van der Waals surface area contributed by atoms with Crippen molar-refractivity contribution >= 4 is 40.9 Å². The smallest absolute Gasteiger partial charge is 0.230 e. The highest BCUT2D eigenvalue weighted by molar-refractivity contribution is 7.99. The van der Waals surface area contributed by atoms with Crippen LogP contribution in [0.5, 0.6) is 0 Å². The number of carbonyl (C=O) groups is 1. The second kappa shape index (κ2) is 9.97. The third-order valence-electron chi connectivity index (χ3n) is 3.66. The van der Waals surface area contributed by atoms with E-state index in [1.165, 1.54) is 17.3 Å². The van der Waals surface area contributed by atoms with Crippen molar-refractivity contribution in [1.82, 2.24) is 5.32 Å². The predicted octanol–water partition coefficient (Wildman–Crippen LogP) is 5.36. The van der Waals surface area contributed by atoms with Crippen LogP contribution in [-0.4, -0.2) is 17.7 Å². The van der Waals surface area contributed by atoms with Gasteiger partial charge in [-0.15, -0.1) is 11.8 Å². The summed E-state index contributed by atoms with van der Waals surface area (Å²) in [5, 5.41) is 4.33. The summed E-state index contributed by atoms with van der Waals surface area (Å²) in [4.78, 5) is 12.0. The quantitative estimate of drug-likeness (QED) is 0.666. The van der Waals surface area contributed by atoms with Gasteiger partial charge in [-0.05, 0) is 43.0 Å². The van der Waals surface area contributed by atoms with E-state index in [0.717, 1.165) is 18.4 Å². The molecule has 2 nitrogen and oxygen atoms in total. The molecule has 2 aromatic carbocycles. The number of aryl methyl sites for hydroxylation is 1. The zero-order valence-corrected chi connectivity index (χ0v) is 15.9. The molecule has 2 rings (SSSR count). The fraction of sp³-hybridized carbons (Fsp3) is 0.316. The highest BCUT2D eigenvalue weighted by atomic mass is 35.5. The van der Waals surface area contributed by atoms with Crippen LogP contribution in [0.3, 0.4) is 0 Å². The first-order valence-corrected chi connectivity index (χ1v) is 9.81. The van der Waals surface area contributed by atoms with Crippen molar-refractivity contribution in [1.29, 1.82) is 0 Å². The number of halogens is 2. The average Bonchev–Trinajstić information content (AvgIpc) is 2.56. The van der Waals surface area contributed by atoms with Gasteiger partial charge in [0, 0.05) is 21.8 Å². The standard InChI is InChI=1S/C19H21Cl2NOS/c1-14(10-11-15-6-3-2-4-7-15)22-19(23)13-24-12-16-17(20)8-5-9-18(16)21/h2-9,14H,10-13H2,1H3,(H,22,23)/t14-/m1/s1. The minimum Gasteiger partial charge on any atom is -0.353 e. The van der Waals surface area contributed by atoms with Crippen LogP contribution in [0.15, 0.2) is 48.5 Å². The van der Waals surface area contributed by atoms with E-state index >= 15 is 0 Å². The molecule has 0 saturated carbocycles. The fourth-order valence-corrected chi connectivity index (χ4v) is 3.91. The molecule has 0 saturated heterocycles. The summed E-state index contributed by atoms with van der Waals surface area (Å²) in [5.41, 5.74) is 2.18. The maximum absolute atomic E-state index is 12.0. The largest absolute Gasteiger partial charge is 0.353 e. The van der Waals surface area contributed by atoms with E-state index in [9.17, 15) is 4.79 Å². The fourth-order valence-electron chi connectivity index (χ4n) is 2.33. The monoisotopic (exact) mass is 381 g/mol. The molecule has 0 aliphatic carbocycles. The Balaban J connectivity index is 1.69. The SMILES string of the molecule is C[C@H](CCc1ccccc1)NC(=O)CSCc1c(Cl)cccc1Cl. The minimum atomic E-state index is 0.0451. The molecule has 0 radical (unpaired) electrons. The molecule has 1 amide bonds. The average molecular weight is 382 g/mol. The Kier molecular flexibility index (Phi) is 7.97. The summed E-state index contributed by atoms with van der Waals surface area (Å²) in [6.45, 7) is 2.04. The van der Waals surface area contributed by atoms with Crippen LogP contribution in [0, 0.1) is 0 Å². The Morgan fingerprint density at radius 1 is 1.08 bits per heavy atom. The van der Waals surface area contributed by atoms with E-state index < -0.39 is 0 Å². The van der Waals surface area contributed by atoms with Crippen LogP contribution in [-0.2, 0) is 17.0 Å². The van der Waals surface area contributed by atoms with Crippen LogP contribution in [0.25, 0.3) is 0 Å². The first kappa shape index (κ1) is 19.2. The van der Waals surface area contributed by atoms with Crippen molar-refractivity contribution in [2.75, 3.05) is 5.75 Å². The van der Waals surface area contributed by atoms with Crippen LogP contribution in [0.1, 0.15) is 24.5 Å². The van der Waals surface area contributed by atoms with Gasteiger partial charge < -0.3 is 5.32 Å². The van der Waals surface area contributed by atoms with Gasteiger partial charge >= 0.3 is 0 Å². The molecule has 0 aromatic heterocycles. The van der Waals surface area contributed by atoms with Crippen molar-refractivity contribution in [3.8, 4) is 0 Å². The van der Waals surface area contributed by atoms with Crippen LogP contribution in [0.2, 0.25) is 10.0 Å². The van der Waals surface area contributed by atoms with Crippen molar-refractivity contribution in [3.05, 3.63) is 69.7 Å². The molecule has 0 bridgehead atoms. The molecule has 0 fully saturated rings. The molecular formula is C19H21Cl2NOS. The van der Waals surface area contributed by atoms with E-state index in [1.54, 1.807) is 0 Å². The summed E-state index contributed by atoms with van der Waals surface area (Å²) in [6.07, 6.45) is 1.89. The van der Waals surface area contributed by atoms with Crippen LogP contribution in [0.4, 0.5) is 0 Å². The molecule has 0 aliphatic heterocycles. The van der Waals surface area contributed by atoms with Gasteiger partial charge in [0.15, 0.2) is 0 Å². The molecule has 1 atom stereocenters. The van der Waals surface area contributed by atoms with Gasteiger partial charge in [0.25, 0.3) is 0 Å².